The van der Waals surface area contributed by atoms with E-state index in [0.717, 1.165) is 5.56 Å². The van der Waals surface area contributed by atoms with Gasteiger partial charge in [-0.05, 0) is 46.0 Å². The zero-order valence-electron chi connectivity index (χ0n) is 14.7. The predicted molar refractivity (Wildman–Crippen MR) is 98.3 cm³/mol. The topological polar surface area (TPSA) is 80.8 Å². The zero-order valence-corrected chi connectivity index (χ0v) is 17.1. The van der Waals surface area contributed by atoms with Gasteiger partial charge in [-0.2, -0.15) is 0 Å². The van der Waals surface area contributed by atoms with Crippen LogP contribution in [0.1, 0.15) is 26.3 Å². The van der Waals surface area contributed by atoms with E-state index in [0.29, 0.717) is 23.1 Å². The molecule has 0 aliphatic carbocycles. The number of methoxy groups -OCH3 is 1. The number of fused-ring (bicyclic) bond motifs is 1. The predicted octanol–water partition coefficient (Wildman–Crippen LogP) is 2.58. The molecule has 8 heteroatoms. The summed E-state index contributed by atoms with van der Waals surface area (Å²) in [7, 11) is -2.50. The second-order valence-corrected chi connectivity index (χ2v) is 9.34. The first kappa shape index (κ1) is 19.9. The quantitative estimate of drug-likeness (QED) is 0.669. The van der Waals surface area contributed by atoms with Crippen LogP contribution in [0.25, 0.3) is 0 Å². The molecule has 1 aliphatic heterocycles. The summed E-state index contributed by atoms with van der Waals surface area (Å²) < 4.78 is 31.0. The smallest absolute Gasteiger partial charge is 0.309 e. The summed E-state index contributed by atoms with van der Waals surface area (Å²) in [5.74, 6) is -1.93. The fourth-order valence-corrected chi connectivity index (χ4v) is 5.91. The van der Waals surface area contributed by atoms with Gasteiger partial charge in [0.1, 0.15) is 0 Å². The molecule has 6 nitrogen and oxygen atoms in total. The van der Waals surface area contributed by atoms with Crippen molar-refractivity contribution in [2.45, 2.75) is 32.1 Å². The van der Waals surface area contributed by atoms with Crippen LogP contribution in [0.5, 0.6) is 0 Å². The molecule has 0 radical (unpaired) electrons. The summed E-state index contributed by atoms with van der Waals surface area (Å²) in [5.41, 5.74) is 1.54. The third kappa shape index (κ3) is 4.06. The summed E-state index contributed by atoms with van der Waals surface area (Å²) in [5, 5.41) is 0. The number of halogens is 1. The molecule has 2 rings (SSSR count). The van der Waals surface area contributed by atoms with Gasteiger partial charge in [0.15, 0.2) is 9.84 Å². The van der Waals surface area contributed by atoms with Crippen LogP contribution in [0, 0.1) is 11.8 Å². The van der Waals surface area contributed by atoms with Crippen molar-refractivity contribution >= 4 is 43.3 Å². The van der Waals surface area contributed by atoms with E-state index in [4.69, 9.17) is 4.74 Å². The number of nitrogens with zero attached hydrogens (tertiary/aromatic N) is 1. The van der Waals surface area contributed by atoms with Crippen molar-refractivity contribution in [2.24, 2.45) is 11.8 Å². The zero-order chi connectivity index (χ0) is 18.9. The average Bonchev–Trinajstić information content (AvgIpc) is 2.93. The number of benzene rings is 1. The van der Waals surface area contributed by atoms with E-state index >= 15 is 0 Å². The Bertz CT molecular complexity index is 804. The van der Waals surface area contributed by atoms with Gasteiger partial charge in [0.05, 0.1) is 23.7 Å². The minimum Gasteiger partial charge on any atom is -0.469 e. The SMILES string of the molecule is COC(=O)[C@@H](CS(=O)(=O)c1cc2c(cc1Br)CCN2C(C)=O)C(C)C. The number of carbonyl (C=O) groups excluding carboxylic acids is 2. The molecule has 1 heterocycles. The van der Waals surface area contributed by atoms with Crippen molar-refractivity contribution in [3.8, 4) is 0 Å². The number of rotatable bonds is 5. The molecule has 0 fully saturated rings. The molecule has 0 saturated carbocycles. The Morgan fingerprint density at radius 2 is 1.96 bits per heavy atom. The van der Waals surface area contributed by atoms with Crippen LogP contribution in [-0.2, 0) is 30.6 Å². The Morgan fingerprint density at radius 1 is 1.32 bits per heavy atom. The molecule has 0 bridgehead atoms. The highest BCUT2D eigenvalue weighted by molar-refractivity contribution is 9.10. The third-order valence-corrected chi connectivity index (χ3v) is 7.18. The van der Waals surface area contributed by atoms with Gasteiger partial charge in [-0.15, -0.1) is 0 Å². The van der Waals surface area contributed by atoms with Crippen molar-refractivity contribution in [3.05, 3.63) is 22.2 Å². The van der Waals surface area contributed by atoms with Gasteiger partial charge in [-0.1, -0.05) is 13.8 Å². The van der Waals surface area contributed by atoms with E-state index in [1.165, 1.54) is 20.1 Å². The van der Waals surface area contributed by atoms with Crippen molar-refractivity contribution in [1.29, 1.82) is 0 Å². The average molecular weight is 432 g/mol. The number of esters is 1. The third-order valence-electron chi connectivity index (χ3n) is 4.45. The Balaban J connectivity index is 2.45. The number of anilines is 1. The summed E-state index contributed by atoms with van der Waals surface area (Å²) in [6.07, 6.45) is 0.685. The molecular weight excluding hydrogens is 410 g/mol. The van der Waals surface area contributed by atoms with Crippen LogP contribution >= 0.6 is 15.9 Å². The summed E-state index contributed by atoms with van der Waals surface area (Å²) in [6, 6.07) is 3.27. The van der Waals surface area contributed by atoms with E-state index in [1.807, 2.05) is 0 Å². The van der Waals surface area contributed by atoms with Gasteiger partial charge >= 0.3 is 5.97 Å². The number of hydrogen-bond acceptors (Lipinski definition) is 5. The van der Waals surface area contributed by atoms with Gasteiger partial charge in [-0.25, -0.2) is 8.42 Å². The van der Waals surface area contributed by atoms with Crippen LogP contribution in [-0.4, -0.2) is 39.7 Å². The van der Waals surface area contributed by atoms with Crippen LogP contribution in [0.15, 0.2) is 21.5 Å². The normalized spacial score (nSPS) is 15.2. The molecule has 1 aromatic carbocycles. The lowest BCUT2D eigenvalue weighted by molar-refractivity contribution is -0.146. The fraction of sp³-hybridized carbons (Fsp3) is 0.529. The number of hydrogen-bond donors (Lipinski definition) is 0. The summed E-state index contributed by atoms with van der Waals surface area (Å²) in [6.45, 7) is 5.56. The fourth-order valence-electron chi connectivity index (χ4n) is 2.96. The molecule has 1 atom stereocenters. The van der Waals surface area contributed by atoms with Gasteiger partial charge in [0.2, 0.25) is 5.91 Å². The molecule has 1 aromatic rings. The van der Waals surface area contributed by atoms with Crippen LogP contribution in [0.4, 0.5) is 5.69 Å². The molecule has 0 saturated heterocycles. The monoisotopic (exact) mass is 431 g/mol. The van der Waals surface area contributed by atoms with E-state index in [9.17, 15) is 18.0 Å². The lowest BCUT2D eigenvalue weighted by atomic mass is 9.98. The molecule has 0 N–H and O–H groups in total. The van der Waals surface area contributed by atoms with Crippen molar-refractivity contribution < 1.29 is 22.7 Å². The van der Waals surface area contributed by atoms with E-state index < -0.39 is 21.7 Å². The number of amides is 1. The molecule has 0 unspecified atom stereocenters. The molecule has 1 amide bonds. The molecular formula is C17H22BrNO5S. The second-order valence-electron chi connectivity index (χ2n) is 6.49. The molecule has 1 aliphatic rings. The van der Waals surface area contributed by atoms with E-state index in [-0.39, 0.29) is 22.5 Å². The maximum absolute atomic E-state index is 12.9. The van der Waals surface area contributed by atoms with Gasteiger partial charge in [-0.3, -0.25) is 9.59 Å². The van der Waals surface area contributed by atoms with E-state index in [2.05, 4.69) is 15.9 Å². The van der Waals surface area contributed by atoms with Gasteiger partial charge < -0.3 is 9.64 Å². The largest absolute Gasteiger partial charge is 0.469 e. The Kier molecular flexibility index (Phi) is 5.93. The van der Waals surface area contributed by atoms with Crippen molar-refractivity contribution in [1.82, 2.24) is 0 Å². The minimum absolute atomic E-state index is 0.0916. The van der Waals surface area contributed by atoms with E-state index in [1.54, 1.807) is 24.8 Å². The summed E-state index contributed by atoms with van der Waals surface area (Å²) in [4.78, 5) is 25.3. The molecule has 0 spiro atoms. The van der Waals surface area contributed by atoms with Crippen LogP contribution in [0.3, 0.4) is 0 Å². The van der Waals surface area contributed by atoms with Gasteiger partial charge in [0, 0.05) is 23.6 Å². The second kappa shape index (κ2) is 7.45. The first-order chi connectivity index (χ1) is 11.6. The maximum atomic E-state index is 12.9. The first-order valence-electron chi connectivity index (χ1n) is 7.99. The standard InChI is InChI=1S/C17H22BrNO5S/c1-10(2)13(17(21)24-4)9-25(22,23)16-8-15-12(7-14(16)18)5-6-19(15)11(3)20/h7-8,10,13H,5-6,9H2,1-4H3/t13-/m0/s1. The number of ether oxygens (including phenoxy) is 1. The maximum Gasteiger partial charge on any atom is 0.309 e. The van der Waals surface area contributed by atoms with Crippen LogP contribution < -0.4 is 4.90 Å². The van der Waals surface area contributed by atoms with Crippen molar-refractivity contribution in [3.63, 3.8) is 0 Å². The highest BCUT2D eigenvalue weighted by Gasteiger charge is 2.33. The minimum atomic E-state index is -3.75. The first-order valence-corrected chi connectivity index (χ1v) is 10.4. The Morgan fingerprint density at radius 3 is 2.48 bits per heavy atom. The highest BCUT2D eigenvalue weighted by Crippen LogP contribution is 2.36. The summed E-state index contributed by atoms with van der Waals surface area (Å²) >= 11 is 3.32. The lowest BCUT2D eigenvalue weighted by Gasteiger charge is -2.20. The lowest BCUT2D eigenvalue weighted by Crippen LogP contribution is -2.30. The molecule has 138 valence electrons. The van der Waals surface area contributed by atoms with Crippen molar-refractivity contribution in [2.75, 3.05) is 24.3 Å². The van der Waals surface area contributed by atoms with Gasteiger partial charge in [0.25, 0.3) is 0 Å². The number of sulfone groups is 1. The number of carbonyl (C=O) groups is 2. The highest BCUT2D eigenvalue weighted by atomic mass is 79.9. The molecule has 25 heavy (non-hydrogen) atoms. The Hall–Kier alpha value is -1.41. The molecule has 0 aromatic heterocycles. The van der Waals surface area contributed by atoms with Crippen LogP contribution in [0.2, 0.25) is 0 Å². The Labute approximate surface area is 156 Å².